The van der Waals surface area contributed by atoms with E-state index in [1.807, 2.05) is 37.3 Å². The zero-order valence-corrected chi connectivity index (χ0v) is 15.0. The number of ether oxygens (including phenoxy) is 1. The second-order valence-corrected chi connectivity index (χ2v) is 6.42. The lowest BCUT2D eigenvalue weighted by Gasteiger charge is -2.16. The minimum Gasteiger partial charge on any atom is -0.377 e. The van der Waals surface area contributed by atoms with Crippen molar-refractivity contribution >= 4 is 28.3 Å². The first-order chi connectivity index (χ1) is 12.6. The van der Waals surface area contributed by atoms with Crippen LogP contribution in [0, 0.1) is 0 Å². The highest BCUT2D eigenvalue weighted by atomic mass is 35.5. The van der Waals surface area contributed by atoms with Crippen LogP contribution < -0.4 is 5.56 Å². The molecule has 0 amide bonds. The van der Waals surface area contributed by atoms with Gasteiger partial charge in [0.1, 0.15) is 6.61 Å². The fourth-order valence-corrected chi connectivity index (χ4v) is 3.10. The SMILES string of the molecule is COCc1nc2ncc3c(=O)n(C(C)c4ccc(Cl)cc4)ccc3n2n1. The summed E-state index contributed by atoms with van der Waals surface area (Å²) in [7, 11) is 1.58. The zero-order chi connectivity index (χ0) is 18.3. The summed E-state index contributed by atoms with van der Waals surface area (Å²) >= 11 is 5.95. The summed E-state index contributed by atoms with van der Waals surface area (Å²) in [5, 5.41) is 5.51. The maximum Gasteiger partial charge on any atom is 0.262 e. The summed E-state index contributed by atoms with van der Waals surface area (Å²) in [5.74, 6) is 0.957. The predicted molar refractivity (Wildman–Crippen MR) is 98.5 cm³/mol. The standard InChI is InChI=1S/C18H16ClN5O2/c1-11(12-3-5-13(19)6-4-12)23-8-7-15-14(17(23)25)9-20-18-21-16(10-26-2)22-24(15)18/h3-9,11H,10H2,1-2H3. The third-order valence-electron chi connectivity index (χ3n) is 4.35. The quantitative estimate of drug-likeness (QED) is 0.553. The van der Waals surface area contributed by atoms with E-state index in [9.17, 15) is 4.79 Å². The molecule has 0 saturated heterocycles. The Labute approximate surface area is 153 Å². The highest BCUT2D eigenvalue weighted by Crippen LogP contribution is 2.20. The Bertz CT molecular complexity index is 1150. The van der Waals surface area contributed by atoms with E-state index in [1.54, 1.807) is 28.6 Å². The van der Waals surface area contributed by atoms with Crippen molar-refractivity contribution in [2.24, 2.45) is 0 Å². The van der Waals surface area contributed by atoms with Crippen molar-refractivity contribution in [3.63, 3.8) is 0 Å². The van der Waals surface area contributed by atoms with Crippen LogP contribution in [0.3, 0.4) is 0 Å². The van der Waals surface area contributed by atoms with Crippen LogP contribution in [-0.2, 0) is 11.3 Å². The van der Waals surface area contributed by atoms with E-state index in [1.165, 1.54) is 0 Å². The van der Waals surface area contributed by atoms with E-state index in [4.69, 9.17) is 16.3 Å². The zero-order valence-electron chi connectivity index (χ0n) is 14.3. The van der Waals surface area contributed by atoms with Gasteiger partial charge < -0.3 is 9.30 Å². The molecule has 0 fully saturated rings. The van der Waals surface area contributed by atoms with E-state index in [2.05, 4.69) is 15.1 Å². The second kappa shape index (κ2) is 6.51. The van der Waals surface area contributed by atoms with Gasteiger partial charge in [0.2, 0.25) is 0 Å². The normalized spacial score (nSPS) is 12.7. The Kier molecular flexibility index (Phi) is 4.18. The molecule has 0 aliphatic rings. The molecule has 0 aliphatic heterocycles. The van der Waals surface area contributed by atoms with Crippen LogP contribution in [0.1, 0.15) is 24.4 Å². The van der Waals surface area contributed by atoms with Crippen LogP contribution in [0.5, 0.6) is 0 Å². The summed E-state index contributed by atoms with van der Waals surface area (Å²) in [4.78, 5) is 21.5. The predicted octanol–water partition coefficient (Wildman–Crippen LogP) is 2.85. The molecule has 4 rings (SSSR count). The number of hydrogen-bond donors (Lipinski definition) is 0. The summed E-state index contributed by atoms with van der Waals surface area (Å²) in [6, 6.07) is 9.18. The third-order valence-corrected chi connectivity index (χ3v) is 4.60. The Morgan fingerprint density at radius 1 is 1.23 bits per heavy atom. The van der Waals surface area contributed by atoms with Gasteiger partial charge in [0.05, 0.1) is 16.9 Å². The number of hydrogen-bond acceptors (Lipinski definition) is 5. The molecule has 0 aliphatic carbocycles. The summed E-state index contributed by atoms with van der Waals surface area (Å²) in [5.41, 5.74) is 1.52. The molecule has 0 spiro atoms. The van der Waals surface area contributed by atoms with Gasteiger partial charge in [-0.1, -0.05) is 23.7 Å². The number of rotatable bonds is 4. The number of nitrogens with zero attached hydrogens (tertiary/aromatic N) is 5. The van der Waals surface area contributed by atoms with Crippen LogP contribution in [0.25, 0.3) is 16.7 Å². The molecule has 1 aromatic carbocycles. The van der Waals surface area contributed by atoms with Crippen LogP contribution in [-0.4, -0.2) is 31.3 Å². The lowest BCUT2D eigenvalue weighted by Crippen LogP contribution is -2.24. The number of methoxy groups -OCH3 is 1. The highest BCUT2D eigenvalue weighted by Gasteiger charge is 2.15. The smallest absolute Gasteiger partial charge is 0.262 e. The monoisotopic (exact) mass is 369 g/mol. The first kappa shape index (κ1) is 16.7. The van der Waals surface area contributed by atoms with Gasteiger partial charge in [-0.3, -0.25) is 4.79 Å². The largest absolute Gasteiger partial charge is 0.377 e. The molecule has 4 aromatic rings. The molecule has 8 heteroatoms. The van der Waals surface area contributed by atoms with Crippen molar-refractivity contribution in [2.45, 2.75) is 19.6 Å². The van der Waals surface area contributed by atoms with Crippen molar-refractivity contribution in [1.29, 1.82) is 0 Å². The average molecular weight is 370 g/mol. The van der Waals surface area contributed by atoms with Gasteiger partial charge in [-0.05, 0) is 30.7 Å². The topological polar surface area (TPSA) is 74.3 Å². The van der Waals surface area contributed by atoms with Gasteiger partial charge in [-0.15, -0.1) is 5.10 Å². The van der Waals surface area contributed by atoms with Gasteiger partial charge in [0.25, 0.3) is 11.3 Å². The van der Waals surface area contributed by atoms with Gasteiger partial charge >= 0.3 is 0 Å². The van der Waals surface area contributed by atoms with E-state index in [0.29, 0.717) is 27.5 Å². The van der Waals surface area contributed by atoms with Gasteiger partial charge in [-0.25, -0.2) is 4.98 Å². The molecular formula is C18H16ClN5O2. The Morgan fingerprint density at radius 3 is 2.73 bits per heavy atom. The van der Waals surface area contributed by atoms with E-state index in [-0.39, 0.29) is 18.2 Å². The molecule has 26 heavy (non-hydrogen) atoms. The lowest BCUT2D eigenvalue weighted by molar-refractivity contribution is 0.178. The molecule has 3 heterocycles. The number of halogens is 1. The van der Waals surface area contributed by atoms with Gasteiger partial charge in [0.15, 0.2) is 5.82 Å². The first-order valence-electron chi connectivity index (χ1n) is 8.08. The van der Waals surface area contributed by atoms with Crippen LogP contribution >= 0.6 is 11.6 Å². The van der Waals surface area contributed by atoms with Gasteiger partial charge in [-0.2, -0.15) is 9.50 Å². The molecule has 3 aromatic heterocycles. The van der Waals surface area contributed by atoms with Gasteiger partial charge in [0, 0.05) is 24.5 Å². The Balaban J connectivity index is 1.85. The van der Waals surface area contributed by atoms with Crippen molar-refractivity contribution in [3.05, 3.63) is 69.5 Å². The fraction of sp³-hybridized carbons (Fsp3) is 0.222. The van der Waals surface area contributed by atoms with Crippen LogP contribution in [0.15, 0.2) is 47.5 Å². The Morgan fingerprint density at radius 2 is 2.00 bits per heavy atom. The van der Waals surface area contributed by atoms with E-state index < -0.39 is 0 Å². The minimum atomic E-state index is -0.139. The Hall–Kier alpha value is -2.77. The second-order valence-electron chi connectivity index (χ2n) is 5.99. The summed E-state index contributed by atoms with van der Waals surface area (Å²) in [6.45, 7) is 2.25. The number of benzene rings is 1. The number of fused-ring (bicyclic) bond motifs is 3. The highest BCUT2D eigenvalue weighted by molar-refractivity contribution is 6.30. The minimum absolute atomic E-state index is 0.136. The molecule has 1 atom stereocenters. The molecule has 1 unspecified atom stereocenters. The number of aromatic nitrogens is 5. The summed E-state index contributed by atoms with van der Waals surface area (Å²) < 4.78 is 8.30. The summed E-state index contributed by atoms with van der Waals surface area (Å²) in [6.07, 6.45) is 3.31. The molecule has 0 N–H and O–H groups in total. The molecular weight excluding hydrogens is 354 g/mol. The molecule has 132 valence electrons. The first-order valence-corrected chi connectivity index (χ1v) is 8.46. The van der Waals surface area contributed by atoms with Crippen molar-refractivity contribution in [3.8, 4) is 0 Å². The lowest BCUT2D eigenvalue weighted by atomic mass is 10.1. The number of pyridine rings is 1. The van der Waals surface area contributed by atoms with E-state index in [0.717, 1.165) is 5.56 Å². The van der Waals surface area contributed by atoms with Crippen molar-refractivity contribution in [2.75, 3.05) is 7.11 Å². The molecule has 0 bridgehead atoms. The fourth-order valence-electron chi connectivity index (χ4n) is 2.97. The van der Waals surface area contributed by atoms with E-state index >= 15 is 0 Å². The average Bonchev–Trinajstić information content (AvgIpc) is 3.05. The van der Waals surface area contributed by atoms with Crippen molar-refractivity contribution < 1.29 is 4.74 Å². The van der Waals surface area contributed by atoms with Crippen LogP contribution in [0.4, 0.5) is 0 Å². The van der Waals surface area contributed by atoms with Crippen molar-refractivity contribution in [1.82, 2.24) is 24.1 Å². The molecule has 0 radical (unpaired) electrons. The molecule has 7 nitrogen and oxygen atoms in total. The molecule has 0 saturated carbocycles. The maximum atomic E-state index is 13.0. The van der Waals surface area contributed by atoms with Crippen LogP contribution in [0.2, 0.25) is 5.02 Å². The third kappa shape index (κ3) is 2.75. The maximum absolute atomic E-state index is 13.0.